The Labute approximate surface area is 167 Å². The molecule has 1 atom stereocenters. The fourth-order valence-corrected chi connectivity index (χ4v) is 2.86. The van der Waals surface area contributed by atoms with Gasteiger partial charge in [-0.3, -0.25) is 10.1 Å². The summed E-state index contributed by atoms with van der Waals surface area (Å²) in [4.78, 5) is 24.0. The van der Waals surface area contributed by atoms with Gasteiger partial charge in [0.2, 0.25) is 0 Å². The molecule has 5 nitrogen and oxygen atoms in total. The number of hydrogen-bond donors (Lipinski definition) is 2. The average molecular weight is 433 g/mol. The van der Waals surface area contributed by atoms with Crippen molar-refractivity contribution < 1.29 is 27.5 Å². The summed E-state index contributed by atoms with van der Waals surface area (Å²) in [6.07, 6.45) is -0.218. The normalized spacial score (nSPS) is 17.0. The van der Waals surface area contributed by atoms with Crippen LogP contribution in [0.15, 0.2) is 36.4 Å². The Morgan fingerprint density at radius 1 is 1.18 bits per heavy atom. The van der Waals surface area contributed by atoms with E-state index in [-0.39, 0.29) is 34.5 Å². The van der Waals surface area contributed by atoms with Gasteiger partial charge in [0, 0.05) is 12.1 Å². The molecule has 3 rings (SSSR count). The summed E-state index contributed by atoms with van der Waals surface area (Å²) in [6, 6.07) is 6.86. The number of carbonyl (C=O) groups is 2. The number of nitrogens with one attached hydrogen (secondary N) is 2. The molecule has 28 heavy (non-hydrogen) atoms. The van der Waals surface area contributed by atoms with E-state index in [1.54, 1.807) is 0 Å². The minimum Gasteiger partial charge on any atom is -0.492 e. The fraction of sp³-hybridized carbons (Fsp3) is 0.222. The van der Waals surface area contributed by atoms with Crippen LogP contribution in [0.5, 0.6) is 5.75 Å². The molecule has 0 aliphatic heterocycles. The van der Waals surface area contributed by atoms with Gasteiger partial charge in [-0.1, -0.05) is 29.3 Å². The van der Waals surface area contributed by atoms with Crippen molar-refractivity contribution in [3.05, 3.63) is 57.8 Å². The highest BCUT2D eigenvalue weighted by Gasteiger charge is 2.57. The standard InChI is InChI=1S/C18H13Cl2F3N2O3/c19-11-2-1-3-13(21)15(11)16(26)25-17(27)24-10-4-5-14(12(20)6-10)28-8-9-7-18(9,22)23/h1-6,9H,7-8H2,(H2,24,25,26,27). The second-order valence-electron chi connectivity index (χ2n) is 6.12. The Hall–Kier alpha value is -2.45. The number of carbonyl (C=O) groups excluding carboxylic acids is 2. The maximum Gasteiger partial charge on any atom is 0.326 e. The zero-order valence-electron chi connectivity index (χ0n) is 14.1. The first-order valence-corrected chi connectivity index (χ1v) is 8.79. The Morgan fingerprint density at radius 3 is 2.50 bits per heavy atom. The van der Waals surface area contributed by atoms with Crippen LogP contribution in [-0.2, 0) is 0 Å². The van der Waals surface area contributed by atoms with E-state index in [1.165, 1.54) is 30.3 Å². The molecule has 148 valence electrons. The number of ether oxygens (including phenoxy) is 1. The summed E-state index contributed by atoms with van der Waals surface area (Å²) in [5.74, 6) is -5.23. The molecule has 0 bridgehead atoms. The molecular formula is C18H13Cl2F3N2O3. The number of rotatable bonds is 5. The number of hydrogen-bond acceptors (Lipinski definition) is 3. The number of imide groups is 1. The van der Waals surface area contributed by atoms with E-state index in [4.69, 9.17) is 27.9 Å². The summed E-state index contributed by atoms with van der Waals surface area (Å²) in [7, 11) is 0. The van der Waals surface area contributed by atoms with Crippen LogP contribution >= 0.6 is 23.2 Å². The van der Waals surface area contributed by atoms with Gasteiger partial charge in [0.15, 0.2) is 0 Å². The smallest absolute Gasteiger partial charge is 0.326 e. The van der Waals surface area contributed by atoms with Crippen LogP contribution in [0.1, 0.15) is 16.8 Å². The highest BCUT2D eigenvalue weighted by molar-refractivity contribution is 6.34. The van der Waals surface area contributed by atoms with Crippen molar-refractivity contribution in [3.63, 3.8) is 0 Å². The predicted octanol–water partition coefficient (Wildman–Crippen LogP) is 5.13. The first-order chi connectivity index (χ1) is 13.2. The van der Waals surface area contributed by atoms with E-state index in [2.05, 4.69) is 5.32 Å². The van der Waals surface area contributed by atoms with Crippen molar-refractivity contribution in [3.8, 4) is 5.75 Å². The topological polar surface area (TPSA) is 67.4 Å². The molecule has 0 heterocycles. The highest BCUT2D eigenvalue weighted by atomic mass is 35.5. The minimum atomic E-state index is -2.69. The third kappa shape index (κ3) is 4.69. The third-order valence-corrected chi connectivity index (χ3v) is 4.61. The van der Waals surface area contributed by atoms with Gasteiger partial charge in [-0.25, -0.2) is 18.0 Å². The SMILES string of the molecule is O=C(NC(=O)c1c(F)cccc1Cl)Nc1ccc(OCC2CC2(F)F)c(Cl)c1. The molecule has 10 heteroatoms. The lowest BCUT2D eigenvalue weighted by Gasteiger charge is -2.11. The van der Waals surface area contributed by atoms with E-state index < -0.39 is 35.2 Å². The molecular weight excluding hydrogens is 420 g/mol. The van der Waals surface area contributed by atoms with E-state index >= 15 is 0 Å². The monoisotopic (exact) mass is 432 g/mol. The van der Waals surface area contributed by atoms with Gasteiger partial charge in [-0.15, -0.1) is 0 Å². The van der Waals surface area contributed by atoms with Crippen LogP contribution < -0.4 is 15.4 Å². The van der Waals surface area contributed by atoms with Crippen molar-refractivity contribution in [1.29, 1.82) is 0 Å². The summed E-state index contributed by atoms with van der Waals surface area (Å²) in [5, 5.41) is 4.24. The second-order valence-corrected chi connectivity index (χ2v) is 6.94. The molecule has 2 aromatic carbocycles. The molecule has 0 saturated heterocycles. The molecule has 0 aromatic heterocycles. The summed E-state index contributed by atoms with van der Waals surface area (Å²) in [6.45, 7) is -0.169. The number of benzene rings is 2. The largest absolute Gasteiger partial charge is 0.492 e. The van der Waals surface area contributed by atoms with Crippen LogP contribution in [0.25, 0.3) is 0 Å². The maximum absolute atomic E-state index is 13.7. The average Bonchev–Trinajstić information content (AvgIpc) is 3.20. The number of halogens is 5. The second kappa shape index (κ2) is 7.89. The van der Waals surface area contributed by atoms with Gasteiger partial charge >= 0.3 is 6.03 Å². The van der Waals surface area contributed by atoms with Crippen molar-refractivity contribution >= 4 is 40.8 Å². The summed E-state index contributed by atoms with van der Waals surface area (Å²) >= 11 is 11.8. The number of urea groups is 1. The molecule has 2 aromatic rings. The lowest BCUT2D eigenvalue weighted by molar-refractivity contribution is 0.0855. The first kappa shape index (κ1) is 20.3. The molecule has 1 aliphatic carbocycles. The van der Waals surface area contributed by atoms with Gasteiger partial charge in [0.05, 0.1) is 28.1 Å². The molecule has 0 radical (unpaired) electrons. The van der Waals surface area contributed by atoms with Crippen molar-refractivity contribution in [2.24, 2.45) is 5.92 Å². The zero-order chi connectivity index (χ0) is 20.5. The van der Waals surface area contributed by atoms with Crippen molar-refractivity contribution in [2.45, 2.75) is 12.3 Å². The van der Waals surface area contributed by atoms with Crippen LogP contribution in [0.4, 0.5) is 23.7 Å². The van der Waals surface area contributed by atoms with Crippen LogP contribution in [0.2, 0.25) is 10.0 Å². The van der Waals surface area contributed by atoms with Gasteiger partial charge in [0.25, 0.3) is 11.8 Å². The molecule has 1 aliphatic rings. The van der Waals surface area contributed by atoms with Gasteiger partial charge in [-0.05, 0) is 30.3 Å². The zero-order valence-corrected chi connectivity index (χ0v) is 15.6. The Morgan fingerprint density at radius 2 is 1.89 bits per heavy atom. The Kier molecular flexibility index (Phi) is 5.71. The number of amides is 3. The van der Waals surface area contributed by atoms with Gasteiger partial charge < -0.3 is 10.1 Å². The summed E-state index contributed by atoms with van der Waals surface area (Å²) < 4.78 is 44.7. The van der Waals surface area contributed by atoms with E-state index in [0.717, 1.165) is 6.07 Å². The molecule has 3 amide bonds. The van der Waals surface area contributed by atoms with E-state index in [1.807, 2.05) is 5.32 Å². The molecule has 1 unspecified atom stereocenters. The van der Waals surface area contributed by atoms with Crippen LogP contribution in [-0.4, -0.2) is 24.5 Å². The first-order valence-electron chi connectivity index (χ1n) is 8.04. The van der Waals surface area contributed by atoms with Crippen molar-refractivity contribution in [2.75, 3.05) is 11.9 Å². The van der Waals surface area contributed by atoms with Crippen molar-refractivity contribution in [1.82, 2.24) is 5.32 Å². The molecule has 0 spiro atoms. The van der Waals surface area contributed by atoms with Crippen LogP contribution in [0, 0.1) is 11.7 Å². The Balaban J connectivity index is 1.58. The Bertz CT molecular complexity index is 920. The third-order valence-electron chi connectivity index (χ3n) is 4.00. The summed E-state index contributed by atoms with van der Waals surface area (Å²) in [5.41, 5.74) is -0.253. The lowest BCUT2D eigenvalue weighted by Crippen LogP contribution is -2.35. The van der Waals surface area contributed by atoms with E-state index in [0.29, 0.717) is 0 Å². The van der Waals surface area contributed by atoms with Gasteiger partial charge in [-0.2, -0.15) is 0 Å². The molecule has 1 saturated carbocycles. The fourth-order valence-electron chi connectivity index (χ4n) is 2.38. The quantitative estimate of drug-likeness (QED) is 0.688. The number of anilines is 1. The lowest BCUT2D eigenvalue weighted by atomic mass is 10.2. The molecule has 2 N–H and O–H groups in total. The maximum atomic E-state index is 13.7. The minimum absolute atomic E-state index is 0.0882. The number of alkyl halides is 2. The predicted molar refractivity (Wildman–Crippen MR) is 97.9 cm³/mol. The van der Waals surface area contributed by atoms with Gasteiger partial charge in [0.1, 0.15) is 11.6 Å². The van der Waals surface area contributed by atoms with Crippen LogP contribution in [0.3, 0.4) is 0 Å². The highest BCUT2D eigenvalue weighted by Crippen LogP contribution is 2.48. The van der Waals surface area contributed by atoms with E-state index in [9.17, 15) is 22.8 Å². The molecule has 1 fully saturated rings.